The second-order valence-corrected chi connectivity index (χ2v) is 9.18. The summed E-state index contributed by atoms with van der Waals surface area (Å²) in [7, 11) is 0. The van der Waals surface area contributed by atoms with Gasteiger partial charge in [-0.3, -0.25) is 9.48 Å². The SMILES string of the molecule is Cc1csc(N2CCCN(C(=O)c3cn(Cc4ccccc4)nc3-c3ccccc3)CC2)n1. The first-order valence-corrected chi connectivity index (χ1v) is 12.2. The number of hydrogen-bond donors (Lipinski definition) is 0. The van der Waals surface area contributed by atoms with Gasteiger partial charge in [0, 0.05) is 43.3 Å². The molecule has 1 aliphatic heterocycles. The lowest BCUT2D eigenvalue weighted by atomic mass is 10.1. The first kappa shape index (κ1) is 21.4. The third-order valence-corrected chi connectivity index (χ3v) is 6.91. The lowest BCUT2D eigenvalue weighted by Crippen LogP contribution is -2.35. The van der Waals surface area contributed by atoms with Gasteiger partial charge in [-0.15, -0.1) is 11.3 Å². The Morgan fingerprint density at radius 1 is 0.970 bits per heavy atom. The number of thiazole rings is 1. The predicted molar refractivity (Wildman–Crippen MR) is 133 cm³/mol. The molecule has 0 saturated carbocycles. The lowest BCUT2D eigenvalue weighted by Gasteiger charge is -2.21. The maximum absolute atomic E-state index is 13.7. The number of aromatic nitrogens is 3. The van der Waals surface area contributed by atoms with Gasteiger partial charge in [0.05, 0.1) is 17.8 Å². The van der Waals surface area contributed by atoms with E-state index in [-0.39, 0.29) is 5.91 Å². The van der Waals surface area contributed by atoms with Crippen LogP contribution in [0.2, 0.25) is 0 Å². The number of carbonyl (C=O) groups is 1. The predicted octanol–water partition coefficient (Wildman–Crippen LogP) is 4.72. The Hall–Kier alpha value is -3.45. The third-order valence-electron chi connectivity index (χ3n) is 5.89. The second kappa shape index (κ2) is 9.58. The number of aryl methyl sites for hydroxylation is 1. The largest absolute Gasteiger partial charge is 0.346 e. The smallest absolute Gasteiger partial charge is 0.257 e. The van der Waals surface area contributed by atoms with E-state index in [1.165, 1.54) is 0 Å². The van der Waals surface area contributed by atoms with Crippen molar-refractivity contribution in [3.05, 3.63) is 89.1 Å². The molecule has 1 amide bonds. The van der Waals surface area contributed by atoms with Crippen molar-refractivity contribution in [2.75, 3.05) is 31.1 Å². The zero-order valence-electron chi connectivity index (χ0n) is 18.7. The number of anilines is 1. The van der Waals surface area contributed by atoms with Gasteiger partial charge >= 0.3 is 0 Å². The average Bonchev–Trinajstić information content (AvgIpc) is 3.38. The average molecular weight is 458 g/mol. The minimum Gasteiger partial charge on any atom is -0.346 e. The zero-order chi connectivity index (χ0) is 22.6. The summed E-state index contributed by atoms with van der Waals surface area (Å²) in [5.41, 5.74) is 4.57. The molecule has 3 heterocycles. The Morgan fingerprint density at radius 3 is 2.45 bits per heavy atom. The fraction of sp³-hybridized carbons (Fsp3) is 0.269. The molecule has 0 N–H and O–H groups in total. The van der Waals surface area contributed by atoms with Crippen LogP contribution < -0.4 is 4.90 Å². The Bertz CT molecular complexity index is 1220. The van der Waals surface area contributed by atoms with Gasteiger partial charge in [0.15, 0.2) is 5.13 Å². The van der Waals surface area contributed by atoms with Crippen LogP contribution in [-0.2, 0) is 6.54 Å². The molecule has 0 aliphatic carbocycles. The highest BCUT2D eigenvalue weighted by atomic mass is 32.1. The first-order chi connectivity index (χ1) is 16.2. The monoisotopic (exact) mass is 457 g/mol. The zero-order valence-corrected chi connectivity index (χ0v) is 19.5. The van der Waals surface area contributed by atoms with Gasteiger partial charge in [-0.05, 0) is 18.9 Å². The van der Waals surface area contributed by atoms with Crippen molar-refractivity contribution in [2.24, 2.45) is 0 Å². The molecule has 1 saturated heterocycles. The van der Waals surface area contributed by atoms with E-state index >= 15 is 0 Å². The minimum atomic E-state index is 0.0466. The van der Waals surface area contributed by atoms with Crippen LogP contribution in [0.5, 0.6) is 0 Å². The minimum absolute atomic E-state index is 0.0466. The van der Waals surface area contributed by atoms with E-state index < -0.39 is 0 Å². The van der Waals surface area contributed by atoms with Crippen LogP contribution in [-0.4, -0.2) is 51.8 Å². The maximum Gasteiger partial charge on any atom is 0.257 e. The van der Waals surface area contributed by atoms with E-state index in [4.69, 9.17) is 5.10 Å². The summed E-state index contributed by atoms with van der Waals surface area (Å²) >= 11 is 1.67. The highest BCUT2D eigenvalue weighted by Gasteiger charge is 2.26. The van der Waals surface area contributed by atoms with Gasteiger partial charge in [-0.25, -0.2) is 4.98 Å². The van der Waals surface area contributed by atoms with E-state index in [1.807, 2.05) is 71.2 Å². The van der Waals surface area contributed by atoms with Gasteiger partial charge < -0.3 is 9.80 Å². The fourth-order valence-electron chi connectivity index (χ4n) is 4.21. The highest BCUT2D eigenvalue weighted by Crippen LogP contribution is 2.26. The molecule has 0 spiro atoms. The van der Waals surface area contributed by atoms with Crippen LogP contribution in [0.3, 0.4) is 0 Å². The van der Waals surface area contributed by atoms with Crippen LogP contribution >= 0.6 is 11.3 Å². The lowest BCUT2D eigenvalue weighted by molar-refractivity contribution is 0.0767. The van der Waals surface area contributed by atoms with E-state index in [0.29, 0.717) is 18.7 Å². The topological polar surface area (TPSA) is 54.3 Å². The summed E-state index contributed by atoms with van der Waals surface area (Å²) in [5, 5.41) is 7.95. The molecule has 0 atom stereocenters. The molecular formula is C26H27N5OS. The maximum atomic E-state index is 13.7. The molecule has 5 rings (SSSR count). The van der Waals surface area contributed by atoms with E-state index in [9.17, 15) is 4.79 Å². The summed E-state index contributed by atoms with van der Waals surface area (Å²) in [6.07, 6.45) is 2.83. The van der Waals surface area contributed by atoms with Gasteiger partial charge in [0.2, 0.25) is 0 Å². The van der Waals surface area contributed by atoms with Crippen molar-refractivity contribution in [2.45, 2.75) is 19.9 Å². The Kier molecular flexibility index (Phi) is 6.21. The van der Waals surface area contributed by atoms with Crippen LogP contribution in [0.15, 0.2) is 72.2 Å². The van der Waals surface area contributed by atoms with Crippen molar-refractivity contribution in [1.82, 2.24) is 19.7 Å². The molecule has 0 bridgehead atoms. The summed E-state index contributed by atoms with van der Waals surface area (Å²) in [6.45, 7) is 5.76. The van der Waals surface area contributed by atoms with Crippen molar-refractivity contribution < 1.29 is 4.79 Å². The van der Waals surface area contributed by atoms with Gasteiger partial charge in [0.1, 0.15) is 5.69 Å². The number of rotatable bonds is 5. The molecule has 0 radical (unpaired) electrons. The third kappa shape index (κ3) is 4.83. The molecular weight excluding hydrogens is 430 g/mol. The van der Waals surface area contributed by atoms with Crippen LogP contribution in [0.25, 0.3) is 11.3 Å². The molecule has 1 fully saturated rings. The number of hydrogen-bond acceptors (Lipinski definition) is 5. The summed E-state index contributed by atoms with van der Waals surface area (Å²) in [4.78, 5) is 22.6. The number of benzene rings is 2. The quantitative estimate of drug-likeness (QED) is 0.435. The molecule has 33 heavy (non-hydrogen) atoms. The molecule has 2 aromatic carbocycles. The van der Waals surface area contributed by atoms with Gasteiger partial charge in [-0.1, -0.05) is 60.7 Å². The normalized spacial score (nSPS) is 14.3. The molecule has 2 aromatic heterocycles. The Morgan fingerprint density at radius 2 is 1.73 bits per heavy atom. The van der Waals surface area contributed by atoms with Crippen molar-refractivity contribution in [3.63, 3.8) is 0 Å². The van der Waals surface area contributed by atoms with E-state index in [1.54, 1.807) is 11.3 Å². The summed E-state index contributed by atoms with van der Waals surface area (Å²) < 4.78 is 1.88. The van der Waals surface area contributed by atoms with Crippen LogP contribution in [0.1, 0.15) is 28.0 Å². The fourth-order valence-corrected chi connectivity index (χ4v) is 5.06. The van der Waals surface area contributed by atoms with Gasteiger partial charge in [-0.2, -0.15) is 5.10 Å². The molecule has 6 nitrogen and oxygen atoms in total. The van der Waals surface area contributed by atoms with Crippen molar-refractivity contribution in [1.29, 1.82) is 0 Å². The summed E-state index contributed by atoms with van der Waals surface area (Å²) in [6, 6.07) is 20.2. The van der Waals surface area contributed by atoms with Gasteiger partial charge in [0.25, 0.3) is 5.91 Å². The highest BCUT2D eigenvalue weighted by molar-refractivity contribution is 7.13. The standard InChI is InChI=1S/C26H27N5OS/c1-20-19-33-26(27-20)30-14-8-13-29(15-16-30)25(32)23-18-31(17-21-9-4-2-5-10-21)28-24(23)22-11-6-3-7-12-22/h2-7,9-12,18-19H,8,13-17H2,1H3. The molecule has 1 aliphatic rings. The van der Waals surface area contributed by atoms with E-state index in [2.05, 4.69) is 27.4 Å². The second-order valence-electron chi connectivity index (χ2n) is 8.34. The molecule has 168 valence electrons. The number of carbonyl (C=O) groups excluding carboxylic acids is 1. The summed E-state index contributed by atoms with van der Waals surface area (Å²) in [5.74, 6) is 0.0466. The Labute approximate surface area is 198 Å². The number of nitrogens with zero attached hydrogens (tertiary/aromatic N) is 5. The molecule has 0 unspecified atom stereocenters. The molecule has 4 aromatic rings. The van der Waals surface area contributed by atoms with E-state index in [0.717, 1.165) is 53.7 Å². The molecule has 7 heteroatoms. The van der Waals surface area contributed by atoms with Crippen LogP contribution in [0, 0.1) is 6.92 Å². The van der Waals surface area contributed by atoms with Crippen LogP contribution in [0.4, 0.5) is 5.13 Å². The van der Waals surface area contributed by atoms with Crippen molar-refractivity contribution in [3.8, 4) is 11.3 Å². The Balaban J connectivity index is 1.40. The first-order valence-electron chi connectivity index (χ1n) is 11.3. The number of amides is 1. The van der Waals surface area contributed by atoms with Crippen molar-refractivity contribution >= 4 is 22.4 Å².